The summed E-state index contributed by atoms with van der Waals surface area (Å²) in [6.07, 6.45) is 3.11. The second kappa shape index (κ2) is 3.82. The summed E-state index contributed by atoms with van der Waals surface area (Å²) in [5, 5.41) is 1.10. The van der Waals surface area contributed by atoms with Crippen LogP contribution in [0.15, 0.2) is 18.2 Å². The summed E-state index contributed by atoms with van der Waals surface area (Å²) in [6, 6.07) is 6.19. The van der Waals surface area contributed by atoms with Crippen molar-refractivity contribution in [3.05, 3.63) is 29.3 Å². The molecule has 0 spiro atoms. The van der Waals surface area contributed by atoms with Gasteiger partial charge in [0.05, 0.1) is 0 Å². The maximum Gasteiger partial charge on any atom is 0.162 e. The third-order valence-corrected chi connectivity index (χ3v) is 3.08. The Morgan fingerprint density at radius 1 is 1.50 bits per heavy atom. The summed E-state index contributed by atoms with van der Waals surface area (Å²) in [6.45, 7) is 1.93. The maximum atomic E-state index is 11.7. The third-order valence-electron chi connectivity index (χ3n) is 2.72. The molecule has 0 aliphatic heterocycles. The summed E-state index contributed by atoms with van der Waals surface area (Å²) >= 11 is 0. The maximum absolute atomic E-state index is 11.7. The zero-order valence-corrected chi connectivity index (χ0v) is 9.57. The van der Waals surface area contributed by atoms with Gasteiger partial charge in [0.15, 0.2) is 5.78 Å². The molecule has 0 amide bonds. The monoisotopic (exact) mass is 206 g/mol. The highest BCUT2D eigenvalue weighted by molar-refractivity contribution is 7.27. The molecule has 1 saturated carbocycles. The average molecular weight is 206 g/mol. The minimum Gasteiger partial charge on any atom is -0.294 e. The van der Waals surface area contributed by atoms with Gasteiger partial charge in [0.1, 0.15) is 0 Å². The molecule has 0 N–H and O–H groups in total. The van der Waals surface area contributed by atoms with Gasteiger partial charge in [-0.3, -0.25) is 4.79 Å². The van der Waals surface area contributed by atoms with Crippen molar-refractivity contribution in [2.45, 2.75) is 32.1 Å². The van der Waals surface area contributed by atoms with Gasteiger partial charge >= 0.3 is 0 Å². The smallest absolute Gasteiger partial charge is 0.162 e. The Labute approximate surface area is 87.1 Å². The standard InChI is InChI=1S/C12H15OP/c1-2-12(13)11-7-9(14)5-6-10(11)8-3-4-8/h5-8H,2-4,14H2,1H3. The van der Waals surface area contributed by atoms with Crippen LogP contribution in [-0.2, 0) is 0 Å². The summed E-state index contributed by atoms with van der Waals surface area (Å²) in [4.78, 5) is 11.7. The van der Waals surface area contributed by atoms with E-state index in [4.69, 9.17) is 0 Å². The number of carbonyl (C=O) groups is 1. The van der Waals surface area contributed by atoms with E-state index in [1.54, 1.807) is 0 Å². The Kier molecular flexibility index (Phi) is 2.69. The average Bonchev–Trinajstić information content (AvgIpc) is 3.00. The van der Waals surface area contributed by atoms with Gasteiger partial charge in [-0.25, -0.2) is 0 Å². The lowest BCUT2D eigenvalue weighted by atomic mass is 9.99. The SMILES string of the molecule is CCC(=O)c1cc(P)ccc1C1CC1. The number of hydrogen-bond donors (Lipinski definition) is 0. The largest absolute Gasteiger partial charge is 0.294 e. The van der Waals surface area contributed by atoms with Crippen molar-refractivity contribution >= 4 is 20.3 Å². The predicted molar refractivity (Wildman–Crippen MR) is 62.4 cm³/mol. The van der Waals surface area contributed by atoms with Crippen molar-refractivity contribution in [3.63, 3.8) is 0 Å². The van der Waals surface area contributed by atoms with E-state index in [1.807, 2.05) is 13.0 Å². The minimum absolute atomic E-state index is 0.274. The molecule has 14 heavy (non-hydrogen) atoms. The second-order valence-corrected chi connectivity index (χ2v) is 4.56. The molecule has 2 rings (SSSR count). The molecule has 1 nitrogen and oxygen atoms in total. The highest BCUT2D eigenvalue weighted by Gasteiger charge is 2.27. The van der Waals surface area contributed by atoms with E-state index >= 15 is 0 Å². The Balaban J connectivity index is 2.42. The number of ketones is 1. The number of hydrogen-bond acceptors (Lipinski definition) is 1. The fourth-order valence-corrected chi connectivity index (χ4v) is 2.02. The zero-order valence-electron chi connectivity index (χ0n) is 8.42. The molecule has 0 heterocycles. The number of Topliss-reactive ketones (excluding diaryl/α,β-unsaturated/α-hetero) is 1. The molecular weight excluding hydrogens is 191 g/mol. The molecular formula is C12H15OP. The molecule has 1 atom stereocenters. The normalized spacial score (nSPS) is 15.6. The fraction of sp³-hybridized carbons (Fsp3) is 0.417. The molecule has 1 aliphatic carbocycles. The van der Waals surface area contributed by atoms with Crippen LogP contribution in [0.5, 0.6) is 0 Å². The van der Waals surface area contributed by atoms with Crippen LogP contribution >= 0.6 is 9.24 Å². The summed E-state index contributed by atoms with van der Waals surface area (Å²) in [5.41, 5.74) is 2.21. The minimum atomic E-state index is 0.274. The van der Waals surface area contributed by atoms with Crippen molar-refractivity contribution < 1.29 is 4.79 Å². The van der Waals surface area contributed by atoms with Crippen LogP contribution in [-0.4, -0.2) is 5.78 Å². The summed E-state index contributed by atoms with van der Waals surface area (Å²) in [5.74, 6) is 0.933. The van der Waals surface area contributed by atoms with Crippen LogP contribution in [0.3, 0.4) is 0 Å². The topological polar surface area (TPSA) is 17.1 Å². The van der Waals surface area contributed by atoms with E-state index in [0.717, 1.165) is 10.9 Å². The van der Waals surface area contributed by atoms with Crippen LogP contribution in [0, 0.1) is 0 Å². The van der Waals surface area contributed by atoms with Gasteiger partial charge in [0, 0.05) is 12.0 Å². The van der Waals surface area contributed by atoms with Gasteiger partial charge in [0.2, 0.25) is 0 Å². The van der Waals surface area contributed by atoms with Gasteiger partial charge in [-0.15, -0.1) is 9.24 Å². The molecule has 2 heteroatoms. The lowest BCUT2D eigenvalue weighted by molar-refractivity contribution is 0.0987. The molecule has 0 saturated heterocycles. The highest BCUT2D eigenvalue weighted by Crippen LogP contribution is 2.41. The number of carbonyl (C=O) groups excluding carboxylic acids is 1. The molecule has 0 radical (unpaired) electrons. The summed E-state index contributed by atoms with van der Waals surface area (Å²) < 4.78 is 0. The Morgan fingerprint density at radius 3 is 2.79 bits per heavy atom. The van der Waals surface area contributed by atoms with Crippen molar-refractivity contribution in [1.29, 1.82) is 0 Å². The van der Waals surface area contributed by atoms with Crippen LogP contribution < -0.4 is 5.30 Å². The molecule has 1 aliphatic rings. The Morgan fingerprint density at radius 2 is 2.21 bits per heavy atom. The van der Waals surface area contributed by atoms with Crippen LogP contribution in [0.25, 0.3) is 0 Å². The molecule has 1 aromatic carbocycles. The first-order valence-electron chi connectivity index (χ1n) is 5.15. The van der Waals surface area contributed by atoms with Crippen molar-refractivity contribution in [2.75, 3.05) is 0 Å². The van der Waals surface area contributed by atoms with E-state index in [1.165, 1.54) is 18.4 Å². The van der Waals surface area contributed by atoms with Crippen LogP contribution in [0.4, 0.5) is 0 Å². The number of benzene rings is 1. The lowest BCUT2D eigenvalue weighted by Gasteiger charge is -2.07. The number of rotatable bonds is 3. The molecule has 74 valence electrons. The van der Waals surface area contributed by atoms with Gasteiger partial charge in [-0.1, -0.05) is 19.1 Å². The summed E-state index contributed by atoms with van der Waals surface area (Å²) in [7, 11) is 2.65. The van der Waals surface area contributed by atoms with Crippen LogP contribution in [0.1, 0.15) is 48.0 Å². The molecule has 0 aromatic heterocycles. The first-order valence-corrected chi connectivity index (χ1v) is 5.72. The van der Waals surface area contributed by atoms with E-state index < -0.39 is 0 Å². The molecule has 1 unspecified atom stereocenters. The lowest BCUT2D eigenvalue weighted by Crippen LogP contribution is -2.05. The fourth-order valence-electron chi connectivity index (χ4n) is 1.76. The van der Waals surface area contributed by atoms with Crippen molar-refractivity contribution in [1.82, 2.24) is 0 Å². The predicted octanol–water partition coefficient (Wildman–Crippen LogP) is 2.66. The van der Waals surface area contributed by atoms with E-state index in [-0.39, 0.29) is 5.78 Å². The Bertz CT molecular complexity index is 367. The van der Waals surface area contributed by atoms with Gasteiger partial charge in [0.25, 0.3) is 0 Å². The van der Waals surface area contributed by atoms with Crippen molar-refractivity contribution in [2.24, 2.45) is 0 Å². The van der Waals surface area contributed by atoms with E-state index in [9.17, 15) is 4.79 Å². The van der Waals surface area contributed by atoms with E-state index in [2.05, 4.69) is 21.4 Å². The van der Waals surface area contributed by atoms with Crippen LogP contribution in [0.2, 0.25) is 0 Å². The quantitative estimate of drug-likeness (QED) is 0.549. The van der Waals surface area contributed by atoms with Gasteiger partial charge < -0.3 is 0 Å². The first-order chi connectivity index (χ1) is 6.72. The Hall–Kier alpha value is -0.680. The third kappa shape index (κ3) is 1.88. The van der Waals surface area contributed by atoms with E-state index in [0.29, 0.717) is 12.3 Å². The second-order valence-electron chi connectivity index (χ2n) is 3.90. The van der Waals surface area contributed by atoms with Gasteiger partial charge in [-0.05, 0) is 35.7 Å². The van der Waals surface area contributed by atoms with Gasteiger partial charge in [-0.2, -0.15) is 0 Å². The molecule has 0 bridgehead atoms. The highest BCUT2D eigenvalue weighted by atomic mass is 31.0. The van der Waals surface area contributed by atoms with Crippen molar-refractivity contribution in [3.8, 4) is 0 Å². The molecule has 1 fully saturated rings. The first kappa shape index (κ1) is 9.86. The molecule has 1 aromatic rings. The zero-order chi connectivity index (χ0) is 10.1.